The molecular weight excluding hydrogens is 448 g/mol. The van der Waals surface area contributed by atoms with Crippen molar-refractivity contribution in [3.63, 3.8) is 0 Å². The van der Waals surface area contributed by atoms with Gasteiger partial charge in [-0.05, 0) is 57.6 Å². The maximum absolute atomic E-state index is 13.6. The zero-order chi connectivity index (χ0) is 25.1. The molecule has 4 rings (SSSR count). The highest BCUT2D eigenvalue weighted by atomic mass is 16.2. The fraction of sp³-hybridized carbons (Fsp3) is 0.600. The standard InChI is InChI=1S/C25H36N6O4/c1-15(27-2)22(32)29-20-14-30(25(26)35)11-10-19-8-9-21(31(19)24(20)34)23(33)28-18-12-17(13-18)16-6-4-3-5-7-16/h3-7,15,17-21,27H,8-14H2,1-2H3,(H2,26,35)(H,28,33)(H,29,32)/t15-,17-,18+,19+,20-,21?/m0/s1. The van der Waals surface area contributed by atoms with Gasteiger partial charge in [0.15, 0.2) is 0 Å². The summed E-state index contributed by atoms with van der Waals surface area (Å²) in [7, 11) is 1.65. The zero-order valence-electron chi connectivity index (χ0n) is 20.4. The molecule has 1 saturated carbocycles. The van der Waals surface area contributed by atoms with Gasteiger partial charge in [0.05, 0.1) is 12.6 Å². The quantitative estimate of drug-likeness (QED) is 0.460. The molecule has 3 aliphatic rings. The van der Waals surface area contributed by atoms with Crippen molar-refractivity contribution >= 4 is 23.8 Å². The monoisotopic (exact) mass is 484 g/mol. The highest BCUT2D eigenvalue weighted by Crippen LogP contribution is 2.37. The van der Waals surface area contributed by atoms with E-state index in [0.717, 1.165) is 12.8 Å². The molecule has 5 N–H and O–H groups in total. The van der Waals surface area contributed by atoms with E-state index in [-0.39, 0.29) is 36.3 Å². The molecule has 0 spiro atoms. The first-order valence-corrected chi connectivity index (χ1v) is 12.5. The van der Waals surface area contributed by atoms with Crippen LogP contribution in [0.4, 0.5) is 4.79 Å². The van der Waals surface area contributed by atoms with Crippen molar-refractivity contribution in [1.29, 1.82) is 0 Å². The SMILES string of the molecule is CN[C@@H](C)C(=O)N[C@H]1CN(C(N)=O)CC[C@H]2CCC(C(=O)N[C@H]3C[C@@H](c4ccccc4)C3)N2C1=O. The number of rotatable bonds is 6. The third-order valence-corrected chi connectivity index (χ3v) is 7.70. The molecule has 35 heavy (non-hydrogen) atoms. The maximum Gasteiger partial charge on any atom is 0.314 e. The Labute approximate surface area is 206 Å². The lowest BCUT2D eigenvalue weighted by atomic mass is 9.76. The normalized spacial score (nSPS) is 29.3. The van der Waals surface area contributed by atoms with Crippen LogP contribution in [0.2, 0.25) is 0 Å². The predicted octanol–water partition coefficient (Wildman–Crippen LogP) is 0.286. The number of nitrogens with zero attached hydrogens (tertiary/aromatic N) is 2. The summed E-state index contributed by atoms with van der Waals surface area (Å²) >= 11 is 0. The molecule has 2 heterocycles. The number of carbonyl (C=O) groups excluding carboxylic acids is 4. The van der Waals surface area contributed by atoms with Crippen LogP contribution in [-0.4, -0.2) is 83.9 Å². The van der Waals surface area contributed by atoms with Crippen molar-refractivity contribution < 1.29 is 19.2 Å². The van der Waals surface area contributed by atoms with E-state index in [9.17, 15) is 19.2 Å². The average molecular weight is 485 g/mol. The molecule has 10 nitrogen and oxygen atoms in total. The first-order chi connectivity index (χ1) is 16.8. The number of carbonyl (C=O) groups is 4. The Balaban J connectivity index is 1.44. The van der Waals surface area contributed by atoms with Gasteiger partial charge < -0.3 is 31.5 Å². The Kier molecular flexibility index (Phi) is 7.59. The summed E-state index contributed by atoms with van der Waals surface area (Å²) in [4.78, 5) is 54.4. The fourth-order valence-corrected chi connectivity index (χ4v) is 5.40. The molecule has 190 valence electrons. The van der Waals surface area contributed by atoms with Crippen LogP contribution < -0.4 is 21.7 Å². The predicted molar refractivity (Wildman–Crippen MR) is 130 cm³/mol. The number of fused-ring (bicyclic) bond motifs is 1. The third kappa shape index (κ3) is 5.42. The van der Waals surface area contributed by atoms with Gasteiger partial charge in [0.1, 0.15) is 12.1 Å². The Bertz CT molecular complexity index is 951. The molecule has 4 atom stereocenters. The molecule has 1 aliphatic carbocycles. The van der Waals surface area contributed by atoms with Gasteiger partial charge in [0.25, 0.3) is 0 Å². The fourth-order valence-electron chi connectivity index (χ4n) is 5.40. The molecule has 1 aromatic carbocycles. The average Bonchev–Trinajstić information content (AvgIpc) is 3.24. The third-order valence-electron chi connectivity index (χ3n) is 7.70. The summed E-state index contributed by atoms with van der Waals surface area (Å²) in [6.45, 7) is 2.04. The molecule has 2 aliphatic heterocycles. The van der Waals surface area contributed by atoms with Crippen LogP contribution in [0, 0.1) is 0 Å². The number of urea groups is 1. The van der Waals surface area contributed by atoms with E-state index < -0.39 is 24.2 Å². The van der Waals surface area contributed by atoms with E-state index >= 15 is 0 Å². The molecule has 1 unspecified atom stereocenters. The summed E-state index contributed by atoms with van der Waals surface area (Å²) in [5.74, 6) is -0.395. The second kappa shape index (κ2) is 10.6. The Morgan fingerprint density at radius 3 is 2.43 bits per heavy atom. The number of benzene rings is 1. The molecular formula is C25H36N6O4. The first kappa shape index (κ1) is 25.0. The van der Waals surface area contributed by atoms with Gasteiger partial charge in [-0.3, -0.25) is 14.4 Å². The Morgan fingerprint density at radius 2 is 1.77 bits per heavy atom. The molecule has 3 fully saturated rings. The number of primary amides is 1. The molecule has 5 amide bonds. The first-order valence-electron chi connectivity index (χ1n) is 12.5. The minimum absolute atomic E-state index is 0.0186. The number of nitrogens with two attached hydrogens (primary N) is 1. The summed E-state index contributed by atoms with van der Waals surface area (Å²) in [6, 6.07) is 7.50. The van der Waals surface area contributed by atoms with Gasteiger partial charge in [-0.2, -0.15) is 0 Å². The van der Waals surface area contributed by atoms with E-state index in [1.807, 2.05) is 18.2 Å². The molecule has 0 bridgehead atoms. The van der Waals surface area contributed by atoms with E-state index in [2.05, 4.69) is 28.1 Å². The van der Waals surface area contributed by atoms with Gasteiger partial charge in [-0.25, -0.2) is 4.79 Å². The second-order valence-electron chi connectivity index (χ2n) is 9.92. The van der Waals surface area contributed by atoms with Crippen molar-refractivity contribution in [1.82, 2.24) is 25.8 Å². The van der Waals surface area contributed by atoms with Gasteiger partial charge in [-0.15, -0.1) is 0 Å². The van der Waals surface area contributed by atoms with E-state index in [4.69, 9.17) is 5.73 Å². The summed E-state index contributed by atoms with van der Waals surface area (Å²) in [6.07, 6.45) is 3.54. The van der Waals surface area contributed by atoms with Crippen molar-refractivity contribution in [2.24, 2.45) is 5.73 Å². The van der Waals surface area contributed by atoms with Gasteiger partial charge >= 0.3 is 6.03 Å². The largest absolute Gasteiger partial charge is 0.352 e. The number of likely N-dealkylation sites (N-methyl/N-ethyl adjacent to an activating group) is 1. The lowest BCUT2D eigenvalue weighted by Crippen LogP contribution is -2.63. The van der Waals surface area contributed by atoms with E-state index in [1.165, 1.54) is 10.5 Å². The van der Waals surface area contributed by atoms with E-state index in [0.29, 0.717) is 31.7 Å². The van der Waals surface area contributed by atoms with Crippen LogP contribution in [0.15, 0.2) is 30.3 Å². The molecule has 0 aromatic heterocycles. The minimum Gasteiger partial charge on any atom is -0.352 e. The topological polar surface area (TPSA) is 137 Å². The van der Waals surface area contributed by atoms with Crippen molar-refractivity contribution in [2.75, 3.05) is 20.1 Å². The number of hydrogen-bond donors (Lipinski definition) is 4. The van der Waals surface area contributed by atoms with Crippen molar-refractivity contribution in [2.45, 2.75) is 75.2 Å². The van der Waals surface area contributed by atoms with Crippen molar-refractivity contribution in [3.8, 4) is 0 Å². The molecule has 0 radical (unpaired) electrons. The maximum atomic E-state index is 13.6. The highest BCUT2D eigenvalue weighted by molar-refractivity contribution is 5.94. The Hall–Kier alpha value is -3.14. The molecule has 1 aromatic rings. The number of nitrogens with one attached hydrogen (secondary N) is 3. The summed E-state index contributed by atoms with van der Waals surface area (Å²) in [5.41, 5.74) is 6.81. The van der Waals surface area contributed by atoms with Crippen LogP contribution >= 0.6 is 0 Å². The van der Waals surface area contributed by atoms with Crippen LogP contribution in [0.25, 0.3) is 0 Å². The van der Waals surface area contributed by atoms with Gasteiger partial charge in [0, 0.05) is 18.6 Å². The molecule has 10 heteroatoms. The van der Waals surface area contributed by atoms with Crippen LogP contribution in [0.5, 0.6) is 0 Å². The van der Waals surface area contributed by atoms with Gasteiger partial charge in [-0.1, -0.05) is 30.3 Å². The zero-order valence-corrected chi connectivity index (χ0v) is 20.4. The number of hydrogen-bond acceptors (Lipinski definition) is 5. The number of amides is 5. The van der Waals surface area contributed by atoms with Gasteiger partial charge in [0.2, 0.25) is 17.7 Å². The highest BCUT2D eigenvalue weighted by Gasteiger charge is 2.46. The smallest absolute Gasteiger partial charge is 0.314 e. The summed E-state index contributed by atoms with van der Waals surface area (Å²) in [5, 5.41) is 8.75. The van der Waals surface area contributed by atoms with Crippen molar-refractivity contribution in [3.05, 3.63) is 35.9 Å². The molecule has 2 saturated heterocycles. The van der Waals surface area contributed by atoms with Crippen LogP contribution in [0.3, 0.4) is 0 Å². The van der Waals surface area contributed by atoms with Crippen LogP contribution in [0.1, 0.15) is 50.5 Å². The lowest BCUT2D eigenvalue weighted by molar-refractivity contribution is -0.145. The lowest BCUT2D eigenvalue weighted by Gasteiger charge is -2.40. The minimum atomic E-state index is -0.965. The second-order valence-corrected chi connectivity index (χ2v) is 9.92. The summed E-state index contributed by atoms with van der Waals surface area (Å²) < 4.78 is 0. The van der Waals surface area contributed by atoms with E-state index in [1.54, 1.807) is 18.9 Å². The Morgan fingerprint density at radius 1 is 1.06 bits per heavy atom. The van der Waals surface area contributed by atoms with Crippen LogP contribution in [-0.2, 0) is 14.4 Å².